The number of benzene rings is 1. The van der Waals surface area contributed by atoms with Crippen molar-refractivity contribution in [1.82, 2.24) is 4.31 Å². The first-order chi connectivity index (χ1) is 10.4. The van der Waals surface area contributed by atoms with Gasteiger partial charge in [0.05, 0.1) is 10.5 Å². The number of hydrogen-bond donors (Lipinski definition) is 0. The summed E-state index contributed by atoms with van der Waals surface area (Å²) in [5.41, 5.74) is 0.0855. The van der Waals surface area contributed by atoms with Gasteiger partial charge in [-0.2, -0.15) is 9.57 Å². The summed E-state index contributed by atoms with van der Waals surface area (Å²) in [5.74, 6) is -0.737. The lowest BCUT2D eigenvalue weighted by molar-refractivity contribution is 0.0434. The number of hydrogen-bond acceptors (Lipinski definition) is 5. The van der Waals surface area contributed by atoms with Crippen LogP contribution in [0.5, 0.6) is 0 Å². The Hall–Kier alpha value is -1.43. The molecule has 0 N–H and O–H groups in total. The van der Waals surface area contributed by atoms with E-state index in [4.69, 9.17) is 10.00 Å². The first kappa shape index (κ1) is 16.9. The summed E-state index contributed by atoms with van der Waals surface area (Å²) in [5, 5.41) is 8.69. The van der Waals surface area contributed by atoms with Crippen LogP contribution in [0.1, 0.15) is 30.1 Å². The van der Waals surface area contributed by atoms with Gasteiger partial charge in [-0.1, -0.05) is 0 Å². The molecule has 1 fully saturated rings. The van der Waals surface area contributed by atoms with Gasteiger partial charge in [-0.25, -0.2) is 13.2 Å². The predicted molar refractivity (Wildman–Crippen MR) is 82.6 cm³/mol. The number of rotatable bonds is 4. The molecule has 6 nitrogen and oxygen atoms in total. The van der Waals surface area contributed by atoms with Crippen LogP contribution in [0, 0.1) is 11.3 Å². The lowest BCUT2D eigenvalue weighted by Gasteiger charge is -2.16. The lowest BCUT2D eigenvalue weighted by Crippen LogP contribution is -2.28. The number of sulfonamides is 1. The topological polar surface area (TPSA) is 87.5 Å². The molecule has 118 valence electrons. The number of ether oxygens (including phenoxy) is 1. The fourth-order valence-corrected chi connectivity index (χ4v) is 4.10. The van der Waals surface area contributed by atoms with Gasteiger partial charge in [0.1, 0.15) is 6.07 Å². The van der Waals surface area contributed by atoms with Crippen LogP contribution in [-0.4, -0.2) is 37.9 Å². The van der Waals surface area contributed by atoms with Crippen LogP contribution in [0.2, 0.25) is 0 Å². The first-order valence-electron chi connectivity index (χ1n) is 6.76. The largest absolute Gasteiger partial charge is 0.444 e. The van der Waals surface area contributed by atoms with E-state index < -0.39 is 22.1 Å². The van der Waals surface area contributed by atoms with Gasteiger partial charge >= 0.3 is 5.97 Å². The molecule has 0 unspecified atom stereocenters. The van der Waals surface area contributed by atoms with Gasteiger partial charge in [0.25, 0.3) is 0 Å². The van der Waals surface area contributed by atoms with Crippen molar-refractivity contribution in [2.24, 2.45) is 0 Å². The highest BCUT2D eigenvalue weighted by molar-refractivity contribution is 9.10. The SMILES string of the molecule is C[C@H](C#N)OC(=O)c1cc(S(=O)(=O)N2CCCC2)ccc1Br. The zero-order valence-electron chi connectivity index (χ0n) is 12.0. The smallest absolute Gasteiger partial charge is 0.340 e. The molecule has 0 saturated carbocycles. The maximum atomic E-state index is 12.5. The molecule has 1 aliphatic rings. The molecular weight excluding hydrogens is 372 g/mol. The molecule has 22 heavy (non-hydrogen) atoms. The number of nitriles is 1. The van der Waals surface area contributed by atoms with Crippen LogP contribution in [0.3, 0.4) is 0 Å². The fourth-order valence-electron chi connectivity index (χ4n) is 2.15. The van der Waals surface area contributed by atoms with E-state index in [1.165, 1.54) is 29.4 Å². The van der Waals surface area contributed by atoms with Crippen molar-refractivity contribution in [1.29, 1.82) is 5.26 Å². The van der Waals surface area contributed by atoms with E-state index >= 15 is 0 Å². The molecule has 1 aliphatic heterocycles. The molecule has 0 aliphatic carbocycles. The monoisotopic (exact) mass is 386 g/mol. The maximum absolute atomic E-state index is 12.5. The van der Waals surface area contributed by atoms with Gasteiger partial charge in [-0.15, -0.1) is 0 Å². The van der Waals surface area contributed by atoms with Crippen molar-refractivity contribution < 1.29 is 17.9 Å². The molecule has 0 spiro atoms. The molecular formula is C14H15BrN2O4S. The Labute approximate surface area is 137 Å². The molecule has 8 heteroatoms. The minimum absolute atomic E-state index is 0.0501. The van der Waals surface area contributed by atoms with Gasteiger partial charge in [-0.3, -0.25) is 0 Å². The van der Waals surface area contributed by atoms with Crippen molar-refractivity contribution in [3.8, 4) is 6.07 Å². The molecule has 0 aromatic heterocycles. The summed E-state index contributed by atoms with van der Waals surface area (Å²) in [7, 11) is -3.61. The molecule has 1 atom stereocenters. The van der Waals surface area contributed by atoms with Gasteiger partial charge in [0, 0.05) is 17.6 Å². The second-order valence-corrected chi connectivity index (χ2v) is 7.72. The molecule has 1 aromatic rings. The van der Waals surface area contributed by atoms with Crippen LogP contribution in [-0.2, 0) is 14.8 Å². The minimum atomic E-state index is -3.61. The van der Waals surface area contributed by atoms with Gasteiger partial charge in [-0.05, 0) is 53.9 Å². The summed E-state index contributed by atoms with van der Waals surface area (Å²) >= 11 is 3.20. The second-order valence-electron chi connectivity index (χ2n) is 4.93. The predicted octanol–water partition coefficient (Wildman–Crippen LogP) is 2.30. The van der Waals surface area contributed by atoms with Crippen molar-refractivity contribution >= 4 is 31.9 Å². The quantitative estimate of drug-likeness (QED) is 0.740. The van der Waals surface area contributed by atoms with E-state index in [9.17, 15) is 13.2 Å². The molecule has 0 radical (unpaired) electrons. The normalized spacial score (nSPS) is 17.0. The third-order valence-corrected chi connectivity index (χ3v) is 5.91. The summed E-state index contributed by atoms with van der Waals surface area (Å²) in [4.78, 5) is 12.1. The van der Waals surface area contributed by atoms with Crippen LogP contribution >= 0.6 is 15.9 Å². The first-order valence-corrected chi connectivity index (χ1v) is 9.00. The van der Waals surface area contributed by atoms with Crippen LogP contribution in [0.15, 0.2) is 27.6 Å². The van der Waals surface area contributed by atoms with Gasteiger partial charge in [0.2, 0.25) is 10.0 Å². The summed E-state index contributed by atoms with van der Waals surface area (Å²) in [6.45, 7) is 2.42. The van der Waals surface area contributed by atoms with E-state index in [1.807, 2.05) is 0 Å². The number of carbonyl (C=O) groups is 1. The number of halogens is 1. The molecule has 1 saturated heterocycles. The summed E-state index contributed by atoms with van der Waals surface area (Å²) < 4.78 is 31.8. The Morgan fingerprint density at radius 1 is 1.41 bits per heavy atom. The number of carbonyl (C=O) groups excluding carboxylic acids is 1. The lowest BCUT2D eigenvalue weighted by atomic mass is 10.2. The highest BCUT2D eigenvalue weighted by Crippen LogP contribution is 2.26. The molecule has 0 amide bonds. The third kappa shape index (κ3) is 3.48. The van der Waals surface area contributed by atoms with Crippen molar-refractivity contribution in [2.45, 2.75) is 30.8 Å². The number of esters is 1. The Kier molecular flexibility index (Phi) is 5.21. The van der Waals surface area contributed by atoms with Crippen molar-refractivity contribution in [3.05, 3.63) is 28.2 Å². The van der Waals surface area contributed by atoms with Crippen LogP contribution < -0.4 is 0 Å². The Morgan fingerprint density at radius 2 is 2.05 bits per heavy atom. The maximum Gasteiger partial charge on any atom is 0.340 e. The van der Waals surface area contributed by atoms with Gasteiger partial charge in [0.15, 0.2) is 6.10 Å². The zero-order valence-corrected chi connectivity index (χ0v) is 14.4. The number of nitrogens with zero attached hydrogens (tertiary/aromatic N) is 2. The molecule has 0 bridgehead atoms. The van der Waals surface area contributed by atoms with E-state index in [1.54, 1.807) is 6.07 Å². The fraction of sp³-hybridized carbons (Fsp3) is 0.429. The second kappa shape index (κ2) is 6.77. The Bertz CT molecular complexity index is 721. The van der Waals surface area contributed by atoms with Crippen molar-refractivity contribution in [3.63, 3.8) is 0 Å². The minimum Gasteiger partial charge on any atom is -0.444 e. The van der Waals surface area contributed by atoms with Crippen molar-refractivity contribution in [2.75, 3.05) is 13.1 Å². The van der Waals surface area contributed by atoms with E-state index in [0.717, 1.165) is 12.8 Å². The summed E-state index contributed by atoms with van der Waals surface area (Å²) in [6, 6.07) is 6.02. The Balaban J connectivity index is 2.34. The highest BCUT2D eigenvalue weighted by Gasteiger charge is 2.28. The summed E-state index contributed by atoms with van der Waals surface area (Å²) in [6.07, 6.45) is 0.771. The molecule has 2 rings (SSSR count). The average Bonchev–Trinajstić information content (AvgIpc) is 3.02. The van der Waals surface area contributed by atoms with E-state index in [0.29, 0.717) is 17.6 Å². The van der Waals surface area contributed by atoms with E-state index in [2.05, 4.69) is 15.9 Å². The van der Waals surface area contributed by atoms with Crippen LogP contribution in [0.4, 0.5) is 0 Å². The zero-order chi connectivity index (χ0) is 16.3. The van der Waals surface area contributed by atoms with E-state index in [-0.39, 0.29) is 10.5 Å². The molecule has 1 aromatic carbocycles. The van der Waals surface area contributed by atoms with Crippen LogP contribution in [0.25, 0.3) is 0 Å². The van der Waals surface area contributed by atoms with Gasteiger partial charge < -0.3 is 4.74 Å². The highest BCUT2D eigenvalue weighted by atomic mass is 79.9. The Morgan fingerprint density at radius 3 is 2.64 bits per heavy atom. The third-order valence-electron chi connectivity index (χ3n) is 3.33. The standard InChI is InChI=1S/C14H15BrN2O4S/c1-10(9-16)21-14(18)12-8-11(4-5-13(12)15)22(19,20)17-6-2-3-7-17/h4-5,8,10H,2-3,6-7H2,1H3/t10-/m1/s1. The average molecular weight is 387 g/mol. The molecule has 1 heterocycles.